The summed E-state index contributed by atoms with van der Waals surface area (Å²) in [5.41, 5.74) is 0.587. The molecule has 2 aromatic rings. The van der Waals surface area contributed by atoms with E-state index in [1.54, 1.807) is 0 Å². The SMILES string of the molecule is COc1ccc([N+](=O)[O-])c(C#CCNC(=O)OCc2ccccc2)n1. The number of rotatable bonds is 5. The van der Waals surface area contributed by atoms with Crippen LogP contribution in [0.2, 0.25) is 0 Å². The smallest absolute Gasteiger partial charge is 0.408 e. The lowest BCUT2D eigenvalue weighted by atomic mass is 10.2. The quantitative estimate of drug-likeness (QED) is 0.508. The minimum atomic E-state index is -0.633. The average Bonchev–Trinajstić information content (AvgIpc) is 2.64. The van der Waals surface area contributed by atoms with Crippen LogP contribution in [-0.4, -0.2) is 29.7 Å². The van der Waals surface area contributed by atoms with Gasteiger partial charge in [-0.3, -0.25) is 10.1 Å². The number of alkyl carbamates (subject to hydrolysis) is 1. The molecule has 0 saturated carbocycles. The van der Waals surface area contributed by atoms with Gasteiger partial charge in [0.1, 0.15) is 6.61 Å². The zero-order valence-electron chi connectivity index (χ0n) is 13.4. The average molecular weight is 341 g/mol. The largest absolute Gasteiger partial charge is 0.481 e. The van der Waals surface area contributed by atoms with E-state index in [1.807, 2.05) is 30.3 Å². The van der Waals surface area contributed by atoms with E-state index in [2.05, 4.69) is 22.1 Å². The molecular weight excluding hydrogens is 326 g/mol. The molecule has 0 aliphatic carbocycles. The molecule has 0 fully saturated rings. The molecule has 1 N–H and O–H groups in total. The van der Waals surface area contributed by atoms with Crippen LogP contribution < -0.4 is 10.1 Å². The first-order valence-corrected chi connectivity index (χ1v) is 7.23. The van der Waals surface area contributed by atoms with Crippen molar-refractivity contribution in [3.05, 3.63) is 63.8 Å². The third-order valence-electron chi connectivity index (χ3n) is 2.99. The van der Waals surface area contributed by atoms with Crippen molar-refractivity contribution in [1.29, 1.82) is 0 Å². The molecule has 1 heterocycles. The lowest BCUT2D eigenvalue weighted by Gasteiger charge is -2.04. The second kappa shape index (κ2) is 8.88. The summed E-state index contributed by atoms with van der Waals surface area (Å²) in [6, 6.07) is 11.9. The number of hydrogen-bond acceptors (Lipinski definition) is 6. The summed E-state index contributed by atoms with van der Waals surface area (Å²) in [7, 11) is 1.40. The van der Waals surface area contributed by atoms with Crippen LogP contribution in [0.1, 0.15) is 11.3 Å². The molecule has 0 bridgehead atoms. The summed E-state index contributed by atoms with van der Waals surface area (Å²) in [5, 5.41) is 13.4. The Morgan fingerprint density at radius 1 is 1.28 bits per heavy atom. The van der Waals surface area contributed by atoms with Gasteiger partial charge in [0.05, 0.1) is 18.6 Å². The zero-order valence-corrected chi connectivity index (χ0v) is 13.4. The maximum atomic E-state index is 11.6. The van der Waals surface area contributed by atoms with Gasteiger partial charge in [-0.25, -0.2) is 4.79 Å². The molecule has 0 aliphatic heterocycles. The van der Waals surface area contributed by atoms with Gasteiger partial charge in [-0.2, -0.15) is 4.98 Å². The number of nitro groups is 1. The Morgan fingerprint density at radius 3 is 2.72 bits per heavy atom. The fourth-order valence-corrected chi connectivity index (χ4v) is 1.81. The summed E-state index contributed by atoms with van der Waals surface area (Å²) in [4.78, 5) is 25.8. The maximum absolute atomic E-state index is 11.6. The lowest BCUT2D eigenvalue weighted by molar-refractivity contribution is -0.385. The van der Waals surface area contributed by atoms with Crippen LogP contribution in [0.5, 0.6) is 5.88 Å². The lowest BCUT2D eigenvalue weighted by Crippen LogP contribution is -2.24. The Balaban J connectivity index is 1.89. The van der Waals surface area contributed by atoms with Crippen LogP contribution in [0.25, 0.3) is 0 Å². The van der Waals surface area contributed by atoms with Gasteiger partial charge in [-0.15, -0.1) is 0 Å². The molecular formula is C17H15N3O5. The topological polar surface area (TPSA) is 104 Å². The molecule has 0 aliphatic rings. The van der Waals surface area contributed by atoms with E-state index in [0.29, 0.717) is 0 Å². The summed E-state index contributed by atoms with van der Waals surface area (Å²) in [5.74, 6) is 5.35. The van der Waals surface area contributed by atoms with E-state index in [0.717, 1.165) is 5.56 Å². The van der Waals surface area contributed by atoms with Gasteiger partial charge in [0.25, 0.3) is 0 Å². The molecule has 1 amide bonds. The van der Waals surface area contributed by atoms with Crippen LogP contribution in [0.15, 0.2) is 42.5 Å². The molecule has 1 aromatic carbocycles. The highest BCUT2D eigenvalue weighted by Crippen LogP contribution is 2.18. The number of benzene rings is 1. The van der Waals surface area contributed by atoms with Gasteiger partial charge in [0.15, 0.2) is 5.69 Å². The fourth-order valence-electron chi connectivity index (χ4n) is 1.81. The number of pyridine rings is 1. The maximum Gasteiger partial charge on any atom is 0.408 e. The Kier molecular flexibility index (Phi) is 6.31. The van der Waals surface area contributed by atoms with E-state index >= 15 is 0 Å². The standard InChI is InChI=1S/C17H15N3O5/c1-24-16-10-9-15(20(22)23)14(19-16)8-5-11-18-17(21)25-12-13-6-3-2-4-7-13/h2-4,6-7,9-10H,11-12H2,1H3,(H,18,21). The number of nitrogens with one attached hydrogen (secondary N) is 1. The van der Waals surface area contributed by atoms with Gasteiger partial charge >= 0.3 is 11.8 Å². The molecule has 0 saturated heterocycles. The van der Waals surface area contributed by atoms with Crippen molar-refractivity contribution in [3.63, 3.8) is 0 Å². The Hall–Kier alpha value is -3.60. The number of carbonyl (C=O) groups is 1. The third-order valence-corrected chi connectivity index (χ3v) is 2.99. The highest BCUT2D eigenvalue weighted by Gasteiger charge is 2.14. The van der Waals surface area contributed by atoms with Gasteiger partial charge in [-0.1, -0.05) is 36.3 Å². The summed E-state index contributed by atoms with van der Waals surface area (Å²) in [6.45, 7) is 0.104. The van der Waals surface area contributed by atoms with Gasteiger partial charge in [0, 0.05) is 12.1 Å². The normalized spacial score (nSPS) is 9.48. The number of methoxy groups -OCH3 is 1. The Morgan fingerprint density at radius 2 is 2.04 bits per heavy atom. The number of aromatic nitrogens is 1. The van der Waals surface area contributed by atoms with Crippen molar-refractivity contribution >= 4 is 11.8 Å². The minimum absolute atomic E-state index is 0.0380. The van der Waals surface area contributed by atoms with E-state index < -0.39 is 11.0 Å². The molecule has 0 spiro atoms. The highest BCUT2D eigenvalue weighted by atomic mass is 16.6. The second-order valence-corrected chi connectivity index (χ2v) is 4.70. The van der Waals surface area contributed by atoms with Gasteiger partial charge in [-0.05, 0) is 11.5 Å². The molecule has 8 nitrogen and oxygen atoms in total. The molecule has 2 rings (SSSR count). The minimum Gasteiger partial charge on any atom is -0.481 e. The molecule has 0 atom stereocenters. The molecule has 25 heavy (non-hydrogen) atoms. The predicted molar refractivity (Wildman–Crippen MR) is 89.0 cm³/mol. The first-order valence-electron chi connectivity index (χ1n) is 7.23. The number of nitrogens with zero attached hydrogens (tertiary/aromatic N) is 2. The van der Waals surface area contributed by atoms with E-state index in [1.165, 1.54) is 19.2 Å². The van der Waals surface area contributed by atoms with Crippen molar-refractivity contribution in [2.75, 3.05) is 13.7 Å². The number of carbonyl (C=O) groups excluding carboxylic acids is 1. The Bertz CT molecular complexity index is 812. The van der Waals surface area contributed by atoms with E-state index in [4.69, 9.17) is 9.47 Å². The van der Waals surface area contributed by atoms with Gasteiger partial charge < -0.3 is 14.8 Å². The first kappa shape index (κ1) is 17.7. The zero-order chi connectivity index (χ0) is 18.1. The van der Waals surface area contributed by atoms with Gasteiger partial charge in [0.2, 0.25) is 5.88 Å². The van der Waals surface area contributed by atoms with Crippen molar-refractivity contribution in [2.45, 2.75) is 6.61 Å². The van der Waals surface area contributed by atoms with Crippen molar-refractivity contribution in [3.8, 4) is 17.7 Å². The third kappa shape index (κ3) is 5.51. The molecule has 128 valence electrons. The van der Waals surface area contributed by atoms with Crippen LogP contribution in [0.4, 0.5) is 10.5 Å². The van der Waals surface area contributed by atoms with Crippen molar-refractivity contribution < 1.29 is 19.2 Å². The van der Waals surface area contributed by atoms with Crippen molar-refractivity contribution in [2.24, 2.45) is 0 Å². The van der Waals surface area contributed by atoms with Crippen molar-refractivity contribution in [1.82, 2.24) is 10.3 Å². The summed E-state index contributed by atoms with van der Waals surface area (Å²) < 4.78 is 9.93. The number of ether oxygens (including phenoxy) is 2. The fraction of sp³-hybridized carbons (Fsp3) is 0.176. The van der Waals surface area contributed by atoms with Crippen LogP contribution in [0.3, 0.4) is 0 Å². The Labute approximate surface area is 143 Å². The predicted octanol–water partition coefficient (Wildman–Crippen LogP) is 2.28. The molecule has 0 unspecified atom stereocenters. The molecule has 1 aromatic heterocycles. The monoisotopic (exact) mass is 341 g/mol. The summed E-state index contributed by atoms with van der Waals surface area (Å²) in [6.07, 6.45) is -0.633. The molecule has 8 heteroatoms. The highest BCUT2D eigenvalue weighted by molar-refractivity contribution is 5.67. The first-order chi connectivity index (χ1) is 12.1. The summed E-state index contributed by atoms with van der Waals surface area (Å²) >= 11 is 0. The van der Waals surface area contributed by atoms with Crippen LogP contribution in [-0.2, 0) is 11.3 Å². The van der Waals surface area contributed by atoms with E-state index in [9.17, 15) is 14.9 Å². The second-order valence-electron chi connectivity index (χ2n) is 4.70. The molecule has 0 radical (unpaired) electrons. The van der Waals surface area contributed by atoms with Crippen LogP contribution >= 0.6 is 0 Å². The van der Waals surface area contributed by atoms with Crippen LogP contribution in [0, 0.1) is 22.0 Å². The number of hydrogen-bond donors (Lipinski definition) is 1. The van der Waals surface area contributed by atoms with E-state index in [-0.39, 0.29) is 30.4 Å². The number of amides is 1.